The van der Waals surface area contributed by atoms with Crippen molar-refractivity contribution in [3.05, 3.63) is 0 Å². The first kappa shape index (κ1) is 28.2. The Morgan fingerprint density at radius 1 is 0.481 bits per heavy atom. The molecule has 0 aromatic heterocycles. The van der Waals surface area contributed by atoms with Gasteiger partial charge < -0.3 is 5.11 Å². The predicted molar refractivity (Wildman–Crippen MR) is 116 cm³/mol. The molecule has 3 heteroatoms. The normalized spacial score (nSPS) is 9.93. The van der Waals surface area contributed by atoms with E-state index < -0.39 is 0 Å². The number of unbranched alkanes of at least 4 members (excludes halogenated alkanes) is 18. The van der Waals surface area contributed by atoms with Crippen molar-refractivity contribution in [3.8, 4) is 12.1 Å². The van der Waals surface area contributed by atoms with Crippen LogP contribution in [0.3, 0.4) is 0 Å². The third kappa shape index (κ3) is 33.0. The summed E-state index contributed by atoms with van der Waals surface area (Å²) in [6, 6.07) is 4.41. The molecule has 0 rings (SSSR count). The number of hydrogen-bond acceptors (Lipinski definition) is 3. The Balaban J connectivity index is 0. The number of nitriles is 2. The van der Waals surface area contributed by atoms with E-state index in [2.05, 4.69) is 19.1 Å². The zero-order valence-electron chi connectivity index (χ0n) is 18.2. The van der Waals surface area contributed by atoms with Crippen LogP contribution in [0.25, 0.3) is 0 Å². The van der Waals surface area contributed by atoms with E-state index in [0.717, 1.165) is 32.1 Å². The van der Waals surface area contributed by atoms with E-state index in [4.69, 9.17) is 15.6 Å². The highest BCUT2D eigenvalue weighted by molar-refractivity contribution is 4.68. The maximum atomic E-state index is 8.42. The molecule has 0 saturated carbocycles. The fraction of sp³-hybridized carbons (Fsp3) is 0.917. The van der Waals surface area contributed by atoms with Crippen molar-refractivity contribution in [2.24, 2.45) is 0 Å². The molecule has 0 aliphatic carbocycles. The summed E-state index contributed by atoms with van der Waals surface area (Å²) in [7, 11) is 0. The van der Waals surface area contributed by atoms with Crippen LogP contribution >= 0.6 is 0 Å². The minimum absolute atomic E-state index is 0.361. The van der Waals surface area contributed by atoms with Gasteiger partial charge in [0.15, 0.2) is 0 Å². The first-order valence-corrected chi connectivity index (χ1v) is 11.7. The van der Waals surface area contributed by atoms with Crippen LogP contribution in [-0.4, -0.2) is 11.7 Å². The summed E-state index contributed by atoms with van der Waals surface area (Å²) in [5, 5.41) is 25.1. The number of nitrogens with zero attached hydrogens (tertiary/aromatic N) is 2. The molecule has 158 valence electrons. The second kappa shape index (κ2) is 29.7. The monoisotopic (exact) mass is 378 g/mol. The highest BCUT2D eigenvalue weighted by Crippen LogP contribution is 2.13. The second-order valence-corrected chi connectivity index (χ2v) is 7.55. The average Bonchev–Trinajstić information content (AvgIpc) is 2.68. The van der Waals surface area contributed by atoms with E-state index in [1.165, 1.54) is 96.3 Å². The fourth-order valence-corrected chi connectivity index (χ4v) is 3.07. The van der Waals surface area contributed by atoms with Crippen LogP contribution in [0.1, 0.15) is 135 Å². The SMILES string of the molecule is CCCCCCO.N#CCCCCCCCCCCCCCCCCC#N. The first-order chi connectivity index (χ1) is 13.3. The summed E-state index contributed by atoms with van der Waals surface area (Å²) in [5.74, 6) is 0. The van der Waals surface area contributed by atoms with Gasteiger partial charge in [-0.15, -0.1) is 0 Å². The molecule has 0 heterocycles. The molecule has 0 spiro atoms. The Hall–Kier alpha value is -1.06. The van der Waals surface area contributed by atoms with Crippen LogP contribution in [0, 0.1) is 22.7 Å². The highest BCUT2D eigenvalue weighted by atomic mass is 16.2. The van der Waals surface area contributed by atoms with Crippen molar-refractivity contribution >= 4 is 0 Å². The van der Waals surface area contributed by atoms with Crippen LogP contribution in [0.4, 0.5) is 0 Å². The summed E-state index contributed by atoms with van der Waals surface area (Å²) < 4.78 is 0. The smallest absolute Gasteiger partial charge is 0.0621 e. The quantitative estimate of drug-likeness (QED) is 0.233. The topological polar surface area (TPSA) is 67.8 Å². The minimum atomic E-state index is 0.361. The summed E-state index contributed by atoms with van der Waals surface area (Å²) in [6.07, 6.45) is 24.4. The lowest BCUT2D eigenvalue weighted by Crippen LogP contribution is -1.83. The van der Waals surface area contributed by atoms with Gasteiger partial charge in [0.1, 0.15) is 0 Å². The first-order valence-electron chi connectivity index (χ1n) is 11.7. The lowest BCUT2D eigenvalue weighted by Gasteiger charge is -2.02. The Morgan fingerprint density at radius 3 is 1.04 bits per heavy atom. The molecule has 0 amide bonds. The summed E-state index contributed by atoms with van der Waals surface area (Å²) in [6.45, 7) is 2.53. The molecule has 0 aromatic carbocycles. The molecular formula is C24H46N2O. The second-order valence-electron chi connectivity index (χ2n) is 7.55. The van der Waals surface area contributed by atoms with Crippen molar-refractivity contribution in [1.82, 2.24) is 0 Å². The molecule has 0 atom stereocenters. The van der Waals surface area contributed by atoms with Gasteiger partial charge in [0, 0.05) is 19.4 Å². The molecule has 0 saturated heterocycles. The lowest BCUT2D eigenvalue weighted by atomic mass is 10.0. The van der Waals surface area contributed by atoms with Gasteiger partial charge in [0.25, 0.3) is 0 Å². The van der Waals surface area contributed by atoms with Gasteiger partial charge >= 0.3 is 0 Å². The molecule has 0 aliphatic rings. The maximum absolute atomic E-state index is 8.42. The molecule has 0 unspecified atom stereocenters. The molecule has 0 aromatic rings. The average molecular weight is 379 g/mol. The van der Waals surface area contributed by atoms with Gasteiger partial charge in [-0.25, -0.2) is 0 Å². The summed E-state index contributed by atoms with van der Waals surface area (Å²) in [5.41, 5.74) is 0. The van der Waals surface area contributed by atoms with Crippen molar-refractivity contribution in [1.29, 1.82) is 10.5 Å². The van der Waals surface area contributed by atoms with E-state index in [9.17, 15) is 0 Å². The Morgan fingerprint density at radius 2 is 0.778 bits per heavy atom. The molecule has 3 nitrogen and oxygen atoms in total. The predicted octanol–water partition coefficient (Wildman–Crippen LogP) is 7.83. The standard InChI is InChI=1S/C18H32N2.C6H14O/c19-17-15-13-11-9-7-5-3-1-2-4-6-8-10-12-14-16-18-20;1-2-3-4-5-6-7/h1-16H2;7H,2-6H2,1H3. The Kier molecular flexibility index (Phi) is 31.0. The molecule has 0 bridgehead atoms. The van der Waals surface area contributed by atoms with E-state index in [1.54, 1.807) is 0 Å². The Labute approximate surface area is 170 Å². The van der Waals surface area contributed by atoms with Crippen LogP contribution in [0.15, 0.2) is 0 Å². The number of hydrogen-bond donors (Lipinski definition) is 1. The number of rotatable bonds is 19. The van der Waals surface area contributed by atoms with Gasteiger partial charge in [-0.1, -0.05) is 103 Å². The van der Waals surface area contributed by atoms with Crippen LogP contribution in [-0.2, 0) is 0 Å². The molecule has 1 N–H and O–H groups in total. The minimum Gasteiger partial charge on any atom is -0.396 e. The zero-order valence-corrected chi connectivity index (χ0v) is 18.2. The number of aliphatic hydroxyl groups is 1. The third-order valence-electron chi connectivity index (χ3n) is 4.84. The molecule has 0 fully saturated rings. The molecule has 27 heavy (non-hydrogen) atoms. The lowest BCUT2D eigenvalue weighted by molar-refractivity contribution is 0.283. The van der Waals surface area contributed by atoms with Gasteiger partial charge in [0.2, 0.25) is 0 Å². The van der Waals surface area contributed by atoms with Crippen molar-refractivity contribution in [2.75, 3.05) is 6.61 Å². The van der Waals surface area contributed by atoms with Crippen LogP contribution in [0.5, 0.6) is 0 Å². The van der Waals surface area contributed by atoms with E-state index >= 15 is 0 Å². The van der Waals surface area contributed by atoms with Gasteiger partial charge in [-0.05, 0) is 19.3 Å². The van der Waals surface area contributed by atoms with E-state index in [1.807, 2.05) is 0 Å². The van der Waals surface area contributed by atoms with Gasteiger partial charge in [-0.2, -0.15) is 10.5 Å². The fourth-order valence-electron chi connectivity index (χ4n) is 3.07. The van der Waals surface area contributed by atoms with E-state index in [-0.39, 0.29) is 0 Å². The van der Waals surface area contributed by atoms with Crippen molar-refractivity contribution < 1.29 is 5.11 Å². The van der Waals surface area contributed by atoms with Gasteiger partial charge in [-0.3, -0.25) is 0 Å². The highest BCUT2D eigenvalue weighted by Gasteiger charge is 1.94. The van der Waals surface area contributed by atoms with Gasteiger partial charge in [0.05, 0.1) is 12.1 Å². The summed E-state index contributed by atoms with van der Waals surface area (Å²) >= 11 is 0. The zero-order chi connectivity index (χ0) is 20.3. The van der Waals surface area contributed by atoms with E-state index in [0.29, 0.717) is 6.61 Å². The summed E-state index contributed by atoms with van der Waals surface area (Å²) in [4.78, 5) is 0. The third-order valence-corrected chi connectivity index (χ3v) is 4.84. The van der Waals surface area contributed by atoms with Crippen LogP contribution < -0.4 is 0 Å². The van der Waals surface area contributed by atoms with Crippen molar-refractivity contribution in [2.45, 2.75) is 135 Å². The molecule has 0 aliphatic heterocycles. The number of aliphatic hydroxyl groups excluding tert-OH is 1. The molecule has 0 radical (unpaired) electrons. The molecular weight excluding hydrogens is 332 g/mol. The largest absolute Gasteiger partial charge is 0.396 e. The van der Waals surface area contributed by atoms with Crippen LogP contribution in [0.2, 0.25) is 0 Å². The van der Waals surface area contributed by atoms with Crippen molar-refractivity contribution in [3.63, 3.8) is 0 Å². The maximum Gasteiger partial charge on any atom is 0.0621 e. The Bertz CT molecular complexity index is 298.